The van der Waals surface area contributed by atoms with Crippen molar-refractivity contribution in [2.24, 2.45) is 11.1 Å². The Morgan fingerprint density at radius 1 is 1.57 bits per heavy atom. The molecular formula is C10H14BrClN2. The van der Waals surface area contributed by atoms with E-state index in [1.807, 2.05) is 6.07 Å². The van der Waals surface area contributed by atoms with Crippen LogP contribution in [0.2, 0.25) is 5.15 Å². The molecular weight excluding hydrogens is 263 g/mol. The Bertz CT molecular complexity index is 326. The first-order chi connectivity index (χ1) is 6.44. The molecule has 1 rings (SSSR count). The van der Waals surface area contributed by atoms with Gasteiger partial charge in [0.25, 0.3) is 0 Å². The molecule has 0 aliphatic rings. The average molecular weight is 278 g/mol. The first-order valence-electron chi connectivity index (χ1n) is 4.44. The molecule has 4 heteroatoms. The van der Waals surface area contributed by atoms with Crippen LogP contribution < -0.4 is 5.73 Å². The normalized spacial score (nSPS) is 11.8. The number of rotatable bonds is 3. The Labute approximate surface area is 98.0 Å². The SMILES string of the molecule is CC(C)(CN)Cc1cc(Br)cnc1Cl. The van der Waals surface area contributed by atoms with Crippen LogP contribution in [0.5, 0.6) is 0 Å². The van der Waals surface area contributed by atoms with Crippen LogP contribution in [0.15, 0.2) is 16.7 Å². The molecule has 0 amide bonds. The largest absolute Gasteiger partial charge is 0.330 e. The van der Waals surface area contributed by atoms with Crippen molar-refractivity contribution in [3.8, 4) is 0 Å². The lowest BCUT2D eigenvalue weighted by Gasteiger charge is -2.22. The van der Waals surface area contributed by atoms with Gasteiger partial charge in [-0.3, -0.25) is 0 Å². The second-order valence-electron chi connectivity index (χ2n) is 4.15. The summed E-state index contributed by atoms with van der Waals surface area (Å²) in [7, 11) is 0. The zero-order chi connectivity index (χ0) is 10.8. The lowest BCUT2D eigenvalue weighted by atomic mass is 9.86. The molecule has 1 aromatic rings. The van der Waals surface area contributed by atoms with Crippen molar-refractivity contribution in [1.29, 1.82) is 0 Å². The predicted octanol–water partition coefficient (Wildman–Crippen LogP) is 3.02. The minimum Gasteiger partial charge on any atom is -0.330 e. The maximum atomic E-state index is 5.99. The van der Waals surface area contributed by atoms with Crippen LogP contribution in [0, 0.1) is 5.41 Å². The summed E-state index contributed by atoms with van der Waals surface area (Å²) < 4.78 is 0.949. The van der Waals surface area contributed by atoms with Gasteiger partial charge in [0, 0.05) is 10.7 Å². The molecule has 0 saturated carbocycles. The highest BCUT2D eigenvalue weighted by molar-refractivity contribution is 9.10. The van der Waals surface area contributed by atoms with E-state index in [1.165, 1.54) is 0 Å². The first-order valence-corrected chi connectivity index (χ1v) is 5.62. The molecule has 14 heavy (non-hydrogen) atoms. The molecule has 0 saturated heterocycles. The molecule has 0 aromatic carbocycles. The molecule has 1 aromatic heterocycles. The summed E-state index contributed by atoms with van der Waals surface area (Å²) >= 11 is 9.36. The van der Waals surface area contributed by atoms with Gasteiger partial charge >= 0.3 is 0 Å². The maximum absolute atomic E-state index is 5.99. The smallest absolute Gasteiger partial charge is 0.132 e. The molecule has 0 unspecified atom stereocenters. The second-order valence-corrected chi connectivity index (χ2v) is 5.42. The molecule has 0 atom stereocenters. The molecule has 0 aliphatic carbocycles. The first kappa shape index (κ1) is 12.0. The third kappa shape index (κ3) is 3.23. The highest BCUT2D eigenvalue weighted by atomic mass is 79.9. The summed E-state index contributed by atoms with van der Waals surface area (Å²) in [4.78, 5) is 4.07. The van der Waals surface area contributed by atoms with Gasteiger partial charge in [-0.15, -0.1) is 0 Å². The standard InChI is InChI=1S/C10H14BrClN2/c1-10(2,6-13)4-7-3-8(11)5-14-9(7)12/h3,5H,4,6,13H2,1-2H3. The minimum atomic E-state index is 0.0616. The Balaban J connectivity index is 2.91. The van der Waals surface area contributed by atoms with Gasteiger partial charge in [-0.2, -0.15) is 0 Å². The van der Waals surface area contributed by atoms with Crippen molar-refractivity contribution in [3.05, 3.63) is 27.5 Å². The van der Waals surface area contributed by atoms with Gasteiger partial charge in [0.05, 0.1) is 0 Å². The fourth-order valence-electron chi connectivity index (χ4n) is 1.18. The van der Waals surface area contributed by atoms with E-state index in [1.54, 1.807) is 6.20 Å². The summed E-state index contributed by atoms with van der Waals surface area (Å²) in [5.41, 5.74) is 6.77. The van der Waals surface area contributed by atoms with Gasteiger partial charge in [-0.05, 0) is 45.9 Å². The van der Waals surface area contributed by atoms with E-state index >= 15 is 0 Å². The van der Waals surface area contributed by atoms with Crippen molar-refractivity contribution in [1.82, 2.24) is 4.98 Å². The molecule has 0 aliphatic heterocycles. The van der Waals surface area contributed by atoms with Crippen LogP contribution in [0.25, 0.3) is 0 Å². The molecule has 2 nitrogen and oxygen atoms in total. The third-order valence-electron chi connectivity index (χ3n) is 2.10. The number of nitrogens with zero attached hydrogens (tertiary/aromatic N) is 1. The van der Waals surface area contributed by atoms with E-state index < -0.39 is 0 Å². The Morgan fingerprint density at radius 3 is 2.79 bits per heavy atom. The fourth-order valence-corrected chi connectivity index (χ4v) is 1.73. The zero-order valence-corrected chi connectivity index (χ0v) is 10.7. The van der Waals surface area contributed by atoms with Gasteiger partial charge in [0.2, 0.25) is 0 Å². The highest BCUT2D eigenvalue weighted by Crippen LogP contribution is 2.26. The van der Waals surface area contributed by atoms with Crippen molar-refractivity contribution in [2.45, 2.75) is 20.3 Å². The highest BCUT2D eigenvalue weighted by Gasteiger charge is 2.18. The van der Waals surface area contributed by atoms with Gasteiger partial charge in [0.15, 0.2) is 0 Å². The lowest BCUT2D eigenvalue weighted by Crippen LogP contribution is -2.26. The molecule has 1 heterocycles. The van der Waals surface area contributed by atoms with Gasteiger partial charge < -0.3 is 5.73 Å². The second kappa shape index (κ2) is 4.60. The number of nitrogens with two attached hydrogens (primary N) is 1. The molecule has 0 spiro atoms. The summed E-state index contributed by atoms with van der Waals surface area (Å²) in [6, 6.07) is 1.99. The summed E-state index contributed by atoms with van der Waals surface area (Å²) in [5, 5.41) is 0.565. The van der Waals surface area contributed by atoms with Crippen molar-refractivity contribution < 1.29 is 0 Å². The number of halogens is 2. The fraction of sp³-hybridized carbons (Fsp3) is 0.500. The topological polar surface area (TPSA) is 38.9 Å². The number of aromatic nitrogens is 1. The lowest BCUT2D eigenvalue weighted by molar-refractivity contribution is 0.376. The van der Waals surface area contributed by atoms with Crippen molar-refractivity contribution >= 4 is 27.5 Å². The van der Waals surface area contributed by atoms with Crippen molar-refractivity contribution in [2.75, 3.05) is 6.54 Å². The summed E-state index contributed by atoms with van der Waals surface area (Å²) in [6.07, 6.45) is 2.54. The van der Waals surface area contributed by atoms with Crippen LogP contribution in [0.3, 0.4) is 0 Å². The van der Waals surface area contributed by atoms with E-state index in [9.17, 15) is 0 Å². The quantitative estimate of drug-likeness (QED) is 0.863. The Hall–Kier alpha value is -0.120. The molecule has 0 bridgehead atoms. The Morgan fingerprint density at radius 2 is 2.21 bits per heavy atom. The molecule has 2 N–H and O–H groups in total. The Kier molecular flexibility index (Phi) is 3.93. The number of pyridine rings is 1. The van der Waals surface area contributed by atoms with Gasteiger partial charge in [0.1, 0.15) is 5.15 Å². The van der Waals surface area contributed by atoms with E-state index in [0.29, 0.717) is 11.7 Å². The van der Waals surface area contributed by atoms with Crippen LogP contribution >= 0.6 is 27.5 Å². The van der Waals surface area contributed by atoms with Crippen molar-refractivity contribution in [3.63, 3.8) is 0 Å². The minimum absolute atomic E-state index is 0.0616. The van der Waals surface area contributed by atoms with Crippen LogP contribution in [0.4, 0.5) is 0 Å². The van der Waals surface area contributed by atoms with E-state index in [2.05, 4.69) is 34.8 Å². The van der Waals surface area contributed by atoms with E-state index in [0.717, 1.165) is 16.5 Å². The number of hydrogen-bond acceptors (Lipinski definition) is 2. The zero-order valence-electron chi connectivity index (χ0n) is 8.35. The van der Waals surface area contributed by atoms with Gasteiger partial charge in [-0.1, -0.05) is 25.4 Å². The third-order valence-corrected chi connectivity index (χ3v) is 2.87. The summed E-state index contributed by atoms with van der Waals surface area (Å²) in [5.74, 6) is 0. The van der Waals surface area contributed by atoms with E-state index in [-0.39, 0.29) is 5.41 Å². The number of hydrogen-bond donors (Lipinski definition) is 1. The summed E-state index contributed by atoms with van der Waals surface area (Å²) in [6.45, 7) is 4.87. The maximum Gasteiger partial charge on any atom is 0.132 e. The average Bonchev–Trinajstić information content (AvgIpc) is 2.11. The van der Waals surface area contributed by atoms with E-state index in [4.69, 9.17) is 17.3 Å². The molecule has 0 radical (unpaired) electrons. The monoisotopic (exact) mass is 276 g/mol. The van der Waals surface area contributed by atoms with Crippen LogP contribution in [-0.2, 0) is 6.42 Å². The van der Waals surface area contributed by atoms with Crippen LogP contribution in [0.1, 0.15) is 19.4 Å². The van der Waals surface area contributed by atoms with Crippen LogP contribution in [-0.4, -0.2) is 11.5 Å². The molecule has 78 valence electrons. The molecule has 0 fully saturated rings. The predicted molar refractivity (Wildman–Crippen MR) is 63.5 cm³/mol. The van der Waals surface area contributed by atoms with Gasteiger partial charge in [-0.25, -0.2) is 4.98 Å².